The van der Waals surface area contributed by atoms with Crippen LogP contribution >= 0.6 is 0 Å². The van der Waals surface area contributed by atoms with Gasteiger partial charge in [0.1, 0.15) is 11.5 Å². The fraction of sp³-hybridized carbons (Fsp3) is 0.364. The Morgan fingerprint density at radius 2 is 1.93 bits per heavy atom. The number of aryl methyl sites for hydroxylation is 2. The molecule has 0 radical (unpaired) electrons. The summed E-state index contributed by atoms with van der Waals surface area (Å²) in [6.07, 6.45) is 1.98. The fourth-order valence-electron chi connectivity index (χ4n) is 4.13. The summed E-state index contributed by atoms with van der Waals surface area (Å²) in [5, 5.41) is 4.11. The van der Waals surface area contributed by atoms with E-state index in [4.69, 9.17) is 9.26 Å². The largest absolute Gasteiger partial charge is 0.497 e. The molecule has 6 nitrogen and oxygen atoms in total. The van der Waals surface area contributed by atoms with E-state index < -0.39 is 0 Å². The molecule has 146 valence electrons. The number of carbonyl (C=O) groups is 1. The van der Waals surface area contributed by atoms with Gasteiger partial charge in [-0.3, -0.25) is 9.36 Å². The van der Waals surface area contributed by atoms with E-state index in [-0.39, 0.29) is 11.9 Å². The maximum Gasteiger partial charge on any atom is 0.256 e. The highest BCUT2D eigenvalue weighted by molar-refractivity contribution is 5.96. The van der Waals surface area contributed by atoms with Crippen molar-refractivity contribution in [1.29, 1.82) is 0 Å². The molecule has 3 aromatic rings. The van der Waals surface area contributed by atoms with Crippen LogP contribution in [0, 0.1) is 20.8 Å². The Labute approximate surface area is 164 Å². The third-order valence-electron chi connectivity index (χ3n) is 5.52. The van der Waals surface area contributed by atoms with Gasteiger partial charge >= 0.3 is 0 Å². The average molecular weight is 379 g/mol. The van der Waals surface area contributed by atoms with Gasteiger partial charge < -0.3 is 14.2 Å². The SMILES string of the molecule is COc1ccc(C2CCCN2C(=O)c2cc(C)n(-c3cc(C)on3)c2C)cc1. The van der Waals surface area contributed by atoms with Crippen molar-refractivity contribution >= 4 is 5.91 Å². The van der Waals surface area contributed by atoms with Gasteiger partial charge in [-0.05, 0) is 57.4 Å². The highest BCUT2D eigenvalue weighted by Crippen LogP contribution is 2.35. The van der Waals surface area contributed by atoms with Crippen molar-refractivity contribution in [2.75, 3.05) is 13.7 Å². The van der Waals surface area contributed by atoms with Crippen LogP contribution < -0.4 is 4.74 Å². The Balaban J connectivity index is 1.65. The summed E-state index contributed by atoms with van der Waals surface area (Å²) in [6.45, 7) is 6.57. The van der Waals surface area contributed by atoms with Crippen LogP contribution in [-0.4, -0.2) is 34.2 Å². The lowest BCUT2D eigenvalue weighted by Crippen LogP contribution is -2.30. The number of ether oxygens (including phenoxy) is 1. The molecule has 0 spiro atoms. The molecule has 0 aliphatic carbocycles. The van der Waals surface area contributed by atoms with E-state index in [9.17, 15) is 4.79 Å². The van der Waals surface area contributed by atoms with E-state index in [2.05, 4.69) is 17.3 Å². The molecule has 1 atom stereocenters. The third-order valence-corrected chi connectivity index (χ3v) is 5.52. The molecule has 2 aromatic heterocycles. The molecule has 0 bridgehead atoms. The number of rotatable bonds is 4. The molecule has 3 heterocycles. The number of amides is 1. The van der Waals surface area contributed by atoms with E-state index >= 15 is 0 Å². The van der Waals surface area contributed by atoms with Gasteiger partial charge in [-0.25, -0.2) is 0 Å². The second kappa shape index (κ2) is 7.19. The number of hydrogen-bond donors (Lipinski definition) is 0. The van der Waals surface area contributed by atoms with Crippen molar-refractivity contribution in [3.05, 3.63) is 64.7 Å². The first-order valence-electron chi connectivity index (χ1n) is 9.57. The summed E-state index contributed by atoms with van der Waals surface area (Å²) in [5.74, 6) is 2.35. The van der Waals surface area contributed by atoms with E-state index in [0.717, 1.165) is 53.4 Å². The number of nitrogens with zero attached hydrogens (tertiary/aromatic N) is 3. The second-order valence-electron chi connectivity index (χ2n) is 7.35. The van der Waals surface area contributed by atoms with E-state index in [1.165, 1.54) is 0 Å². The lowest BCUT2D eigenvalue weighted by atomic mass is 10.0. The average Bonchev–Trinajstić information content (AvgIpc) is 3.41. The van der Waals surface area contributed by atoms with E-state index in [0.29, 0.717) is 5.82 Å². The zero-order valence-corrected chi connectivity index (χ0v) is 16.7. The smallest absolute Gasteiger partial charge is 0.256 e. The third kappa shape index (κ3) is 3.09. The molecular formula is C22H25N3O3. The topological polar surface area (TPSA) is 60.5 Å². The standard InChI is InChI=1S/C22H25N3O3/c1-14-12-19(16(3)25(14)21-13-15(2)28-23-21)22(26)24-11-5-6-20(24)17-7-9-18(27-4)10-8-17/h7-10,12-13,20H,5-6,11H2,1-4H3. The zero-order valence-electron chi connectivity index (χ0n) is 16.7. The summed E-state index contributed by atoms with van der Waals surface area (Å²) >= 11 is 0. The highest BCUT2D eigenvalue weighted by atomic mass is 16.5. The molecule has 4 rings (SSSR count). The van der Waals surface area contributed by atoms with Crippen molar-refractivity contribution < 1.29 is 14.1 Å². The van der Waals surface area contributed by atoms with Crippen LogP contribution in [0.2, 0.25) is 0 Å². The summed E-state index contributed by atoms with van der Waals surface area (Å²) in [5.41, 5.74) is 3.72. The van der Waals surface area contributed by atoms with Crippen molar-refractivity contribution in [3.63, 3.8) is 0 Å². The first-order valence-corrected chi connectivity index (χ1v) is 9.57. The molecule has 1 unspecified atom stereocenters. The molecule has 1 aliphatic heterocycles. The summed E-state index contributed by atoms with van der Waals surface area (Å²) < 4.78 is 12.4. The fourth-order valence-corrected chi connectivity index (χ4v) is 4.13. The van der Waals surface area contributed by atoms with Crippen molar-refractivity contribution in [3.8, 4) is 11.6 Å². The van der Waals surface area contributed by atoms with Gasteiger partial charge in [0.2, 0.25) is 0 Å². The molecule has 0 saturated carbocycles. The van der Waals surface area contributed by atoms with Crippen molar-refractivity contribution in [2.24, 2.45) is 0 Å². The Hall–Kier alpha value is -3.02. The molecule has 1 aliphatic rings. The first kappa shape index (κ1) is 18.3. The van der Waals surface area contributed by atoms with Crippen molar-refractivity contribution in [1.82, 2.24) is 14.6 Å². The summed E-state index contributed by atoms with van der Waals surface area (Å²) in [4.78, 5) is 15.4. The van der Waals surface area contributed by atoms with Crippen LogP contribution in [0.15, 0.2) is 40.9 Å². The number of benzene rings is 1. The number of methoxy groups -OCH3 is 1. The lowest BCUT2D eigenvalue weighted by Gasteiger charge is -2.25. The van der Waals surface area contributed by atoms with Crippen LogP contribution in [-0.2, 0) is 0 Å². The van der Waals surface area contributed by atoms with Gasteiger partial charge in [-0.1, -0.05) is 17.3 Å². The molecule has 1 fully saturated rings. The first-order chi connectivity index (χ1) is 13.5. The van der Waals surface area contributed by atoms with Gasteiger partial charge in [0.15, 0.2) is 5.82 Å². The van der Waals surface area contributed by atoms with E-state index in [1.807, 2.05) is 54.5 Å². The molecular weight excluding hydrogens is 354 g/mol. The molecule has 1 aromatic carbocycles. The maximum atomic E-state index is 13.4. The second-order valence-corrected chi connectivity index (χ2v) is 7.35. The molecule has 6 heteroatoms. The molecule has 28 heavy (non-hydrogen) atoms. The van der Waals surface area contributed by atoms with Crippen LogP contribution in [0.5, 0.6) is 5.75 Å². The van der Waals surface area contributed by atoms with Crippen LogP contribution in [0.3, 0.4) is 0 Å². The van der Waals surface area contributed by atoms with Gasteiger partial charge in [-0.15, -0.1) is 0 Å². The van der Waals surface area contributed by atoms with Gasteiger partial charge in [-0.2, -0.15) is 0 Å². The Bertz CT molecular complexity index is 1000. The Morgan fingerprint density at radius 3 is 2.57 bits per heavy atom. The number of carbonyl (C=O) groups excluding carboxylic acids is 1. The Kier molecular flexibility index (Phi) is 4.71. The molecule has 1 saturated heterocycles. The predicted octanol–water partition coefficient (Wildman–Crippen LogP) is 4.38. The Morgan fingerprint density at radius 1 is 1.18 bits per heavy atom. The van der Waals surface area contributed by atoms with E-state index in [1.54, 1.807) is 7.11 Å². The highest BCUT2D eigenvalue weighted by Gasteiger charge is 2.32. The zero-order chi connectivity index (χ0) is 19.8. The van der Waals surface area contributed by atoms with Crippen LogP contribution in [0.1, 0.15) is 52.0 Å². The normalized spacial score (nSPS) is 16.6. The monoisotopic (exact) mass is 379 g/mol. The van der Waals surface area contributed by atoms with Crippen LogP contribution in [0.25, 0.3) is 5.82 Å². The quantitative estimate of drug-likeness (QED) is 0.675. The van der Waals surface area contributed by atoms with Gasteiger partial charge in [0.25, 0.3) is 5.91 Å². The van der Waals surface area contributed by atoms with Gasteiger partial charge in [0, 0.05) is 24.0 Å². The number of likely N-dealkylation sites (tertiary alicyclic amines) is 1. The summed E-state index contributed by atoms with van der Waals surface area (Å²) in [7, 11) is 1.66. The molecule has 0 N–H and O–H groups in total. The summed E-state index contributed by atoms with van der Waals surface area (Å²) in [6, 6.07) is 11.9. The molecule has 1 amide bonds. The minimum atomic E-state index is 0.0675. The maximum absolute atomic E-state index is 13.4. The van der Waals surface area contributed by atoms with Crippen LogP contribution in [0.4, 0.5) is 0 Å². The lowest BCUT2D eigenvalue weighted by molar-refractivity contribution is 0.0735. The number of hydrogen-bond acceptors (Lipinski definition) is 4. The minimum Gasteiger partial charge on any atom is -0.497 e. The van der Waals surface area contributed by atoms with Crippen molar-refractivity contribution in [2.45, 2.75) is 39.7 Å². The minimum absolute atomic E-state index is 0.0675. The number of aromatic nitrogens is 2. The van der Waals surface area contributed by atoms with Gasteiger partial charge in [0.05, 0.1) is 18.7 Å². The predicted molar refractivity (Wildman–Crippen MR) is 106 cm³/mol.